The highest BCUT2D eigenvalue weighted by molar-refractivity contribution is 6.43. The zero-order valence-electron chi connectivity index (χ0n) is 12.4. The zero-order valence-corrected chi connectivity index (χ0v) is 12.4. The number of nitrogens with one attached hydrogen (secondary N) is 1. The van der Waals surface area contributed by atoms with E-state index in [4.69, 9.17) is 5.73 Å². The molecule has 1 aromatic heterocycles. The van der Waals surface area contributed by atoms with Crippen LogP contribution in [0.1, 0.15) is 33.0 Å². The van der Waals surface area contributed by atoms with E-state index in [0.29, 0.717) is 25.1 Å². The average molecular weight is 345 g/mol. The molecule has 0 unspecified atom stereocenters. The monoisotopic (exact) mass is 345 g/mol. The van der Waals surface area contributed by atoms with Crippen molar-refractivity contribution in [2.75, 3.05) is 13.2 Å². The lowest BCUT2D eigenvalue weighted by molar-refractivity contribution is -0.265. The minimum absolute atomic E-state index is 0.0659. The van der Waals surface area contributed by atoms with Crippen molar-refractivity contribution in [1.82, 2.24) is 9.88 Å². The summed E-state index contributed by atoms with van der Waals surface area (Å²) in [7, 11) is 0. The molecule has 2 amide bonds. The maximum atomic E-state index is 13.0. The number of amides is 2. The summed E-state index contributed by atoms with van der Waals surface area (Å²) in [6.45, 7) is -1.02. The van der Waals surface area contributed by atoms with Crippen LogP contribution in [0.2, 0.25) is 0 Å². The van der Waals surface area contributed by atoms with Crippen LogP contribution in [0.15, 0.2) is 6.07 Å². The first-order valence-corrected chi connectivity index (χ1v) is 7.20. The third kappa shape index (κ3) is 2.37. The molecule has 0 radical (unpaired) electrons. The molecule has 0 spiro atoms. The molecule has 2 aliphatic heterocycles. The Hall–Kier alpha value is -2.36. The fraction of sp³-hybridized carbons (Fsp3) is 0.500. The Morgan fingerprint density at radius 3 is 2.46 bits per heavy atom. The van der Waals surface area contributed by atoms with Crippen molar-refractivity contribution in [2.45, 2.75) is 31.1 Å². The topological polar surface area (TPSA) is 103 Å². The molecule has 3 N–H and O–H groups in total. The Labute approximate surface area is 133 Å². The predicted octanol–water partition coefficient (Wildman–Crippen LogP) is 0.163. The molecule has 3 rings (SSSR count). The molecule has 1 saturated heterocycles. The highest BCUT2D eigenvalue weighted by Gasteiger charge is 2.61. The van der Waals surface area contributed by atoms with E-state index in [1.165, 1.54) is 4.57 Å². The molecular weight excluding hydrogens is 331 g/mol. The number of carbonyl (C=O) groups excluding carboxylic acids is 3. The smallest absolute Gasteiger partial charge is 0.376 e. The fourth-order valence-corrected chi connectivity index (χ4v) is 2.93. The number of fused-ring (bicyclic) bond motifs is 1. The second kappa shape index (κ2) is 5.33. The van der Waals surface area contributed by atoms with E-state index < -0.39 is 42.5 Å². The maximum Gasteiger partial charge on any atom is 0.416 e. The van der Waals surface area contributed by atoms with E-state index in [1.54, 1.807) is 5.32 Å². The molecule has 130 valence electrons. The number of nitrogens with two attached hydrogens (primary N) is 1. The van der Waals surface area contributed by atoms with Crippen molar-refractivity contribution in [3.8, 4) is 0 Å². The molecule has 24 heavy (non-hydrogen) atoms. The van der Waals surface area contributed by atoms with E-state index in [-0.39, 0.29) is 11.3 Å². The molecule has 0 bridgehead atoms. The lowest BCUT2D eigenvalue weighted by Crippen LogP contribution is -2.71. The largest absolute Gasteiger partial charge is 0.416 e. The number of ketones is 1. The number of aromatic nitrogens is 1. The van der Waals surface area contributed by atoms with Gasteiger partial charge in [-0.15, -0.1) is 0 Å². The van der Waals surface area contributed by atoms with E-state index in [0.717, 1.165) is 6.07 Å². The molecule has 1 aromatic rings. The van der Waals surface area contributed by atoms with Gasteiger partial charge in [-0.2, -0.15) is 13.2 Å². The van der Waals surface area contributed by atoms with Crippen LogP contribution < -0.4 is 11.1 Å². The Bertz CT molecular complexity index is 734. The van der Waals surface area contributed by atoms with Crippen molar-refractivity contribution >= 4 is 17.6 Å². The number of hydrogen-bond donors (Lipinski definition) is 2. The van der Waals surface area contributed by atoms with E-state index in [1.807, 2.05) is 0 Å². The van der Waals surface area contributed by atoms with Gasteiger partial charge in [-0.25, -0.2) is 0 Å². The van der Waals surface area contributed by atoms with Crippen LogP contribution in [-0.4, -0.2) is 47.1 Å². The van der Waals surface area contributed by atoms with Crippen molar-refractivity contribution in [3.05, 3.63) is 23.0 Å². The number of carbonyl (C=O) groups is 3. The number of halogens is 3. The van der Waals surface area contributed by atoms with Crippen LogP contribution in [0.4, 0.5) is 13.2 Å². The quantitative estimate of drug-likeness (QED) is 0.599. The summed E-state index contributed by atoms with van der Waals surface area (Å²) in [5, 5.41) is 1.73. The van der Waals surface area contributed by atoms with Gasteiger partial charge in [-0.05, 0) is 18.9 Å². The predicted molar refractivity (Wildman–Crippen MR) is 73.3 cm³/mol. The van der Waals surface area contributed by atoms with Gasteiger partial charge >= 0.3 is 6.18 Å². The third-order valence-electron chi connectivity index (χ3n) is 4.30. The van der Waals surface area contributed by atoms with Crippen LogP contribution in [0, 0.1) is 0 Å². The summed E-state index contributed by atoms with van der Waals surface area (Å²) in [6.07, 6.45) is -3.64. The van der Waals surface area contributed by atoms with Crippen molar-refractivity contribution in [3.63, 3.8) is 0 Å². The highest BCUT2D eigenvalue weighted by atomic mass is 19.4. The Balaban J connectivity index is 1.86. The first-order chi connectivity index (χ1) is 11.2. The van der Waals surface area contributed by atoms with Gasteiger partial charge in [0.15, 0.2) is 5.54 Å². The van der Waals surface area contributed by atoms with E-state index >= 15 is 0 Å². The minimum Gasteiger partial charge on any atom is -0.376 e. The molecule has 3 heterocycles. The summed E-state index contributed by atoms with van der Waals surface area (Å²) in [4.78, 5) is 35.7. The molecule has 0 saturated carbocycles. The van der Waals surface area contributed by atoms with Gasteiger partial charge in [0.05, 0.1) is 13.2 Å². The van der Waals surface area contributed by atoms with Gasteiger partial charge in [0.25, 0.3) is 17.6 Å². The summed E-state index contributed by atoms with van der Waals surface area (Å²) < 4.78 is 45.2. The number of nitrogens with zero attached hydrogens (tertiary/aromatic N) is 1. The molecule has 0 atom stereocenters. The number of alkyl halides is 3. The van der Waals surface area contributed by atoms with Crippen LogP contribution in [0.5, 0.6) is 0 Å². The van der Waals surface area contributed by atoms with Crippen LogP contribution >= 0.6 is 0 Å². The van der Waals surface area contributed by atoms with Gasteiger partial charge in [-0.3, -0.25) is 14.4 Å². The molecular formula is C14H14F3N3O4. The second-order valence-electron chi connectivity index (χ2n) is 5.87. The lowest BCUT2D eigenvalue weighted by atomic mass is 9.95. The van der Waals surface area contributed by atoms with Crippen LogP contribution in [-0.2, 0) is 22.5 Å². The lowest BCUT2D eigenvalue weighted by Gasteiger charge is -2.42. The van der Waals surface area contributed by atoms with Crippen molar-refractivity contribution in [1.29, 1.82) is 0 Å². The standard InChI is InChI=1S/C14H14F3N3O4/c15-14(16,17)13(5-24-6-13)19-12(23)10(21)7-4-9(11(18)22)20-3-1-2-8(7)20/h4H,1-3,5-6H2,(H2,18,22)(H,19,23). The molecule has 0 aromatic carbocycles. The molecule has 10 heteroatoms. The van der Waals surface area contributed by atoms with Gasteiger partial charge in [0, 0.05) is 17.8 Å². The number of primary amides is 1. The molecule has 7 nitrogen and oxygen atoms in total. The van der Waals surface area contributed by atoms with Gasteiger partial charge < -0.3 is 20.4 Å². The summed E-state index contributed by atoms with van der Waals surface area (Å²) in [5.41, 5.74) is 3.10. The highest BCUT2D eigenvalue weighted by Crippen LogP contribution is 2.36. The zero-order chi connectivity index (χ0) is 17.7. The third-order valence-corrected chi connectivity index (χ3v) is 4.30. The number of Topliss-reactive ketones (excluding diaryl/α,β-unsaturated/α-hetero) is 1. The number of hydrogen-bond acceptors (Lipinski definition) is 4. The van der Waals surface area contributed by atoms with Crippen LogP contribution in [0.3, 0.4) is 0 Å². The SMILES string of the molecule is NC(=O)c1cc(C(=O)C(=O)NC2(C(F)(F)F)COC2)c2n1CCC2. The molecule has 1 fully saturated rings. The first-order valence-electron chi connectivity index (χ1n) is 7.20. The van der Waals surface area contributed by atoms with Gasteiger partial charge in [0.2, 0.25) is 0 Å². The Morgan fingerprint density at radius 1 is 1.29 bits per heavy atom. The fourth-order valence-electron chi connectivity index (χ4n) is 2.93. The van der Waals surface area contributed by atoms with Crippen molar-refractivity contribution < 1.29 is 32.3 Å². The molecule has 0 aliphatic carbocycles. The normalized spacial score (nSPS) is 18.6. The Morgan fingerprint density at radius 2 is 1.96 bits per heavy atom. The van der Waals surface area contributed by atoms with Gasteiger partial charge in [-0.1, -0.05) is 0 Å². The minimum atomic E-state index is -4.73. The molecule has 2 aliphatic rings. The van der Waals surface area contributed by atoms with Crippen molar-refractivity contribution in [2.24, 2.45) is 5.73 Å². The summed E-state index contributed by atoms with van der Waals surface area (Å²) >= 11 is 0. The van der Waals surface area contributed by atoms with E-state index in [9.17, 15) is 27.6 Å². The number of ether oxygens (including phenoxy) is 1. The van der Waals surface area contributed by atoms with Gasteiger partial charge in [0.1, 0.15) is 5.69 Å². The first kappa shape index (κ1) is 16.5. The summed E-state index contributed by atoms with van der Waals surface area (Å²) in [6, 6.07) is 1.16. The van der Waals surface area contributed by atoms with Crippen LogP contribution in [0.25, 0.3) is 0 Å². The van der Waals surface area contributed by atoms with E-state index in [2.05, 4.69) is 4.74 Å². The average Bonchev–Trinajstić information content (AvgIpc) is 3.01. The number of rotatable bonds is 4. The Kier molecular flexibility index (Phi) is 3.67. The maximum absolute atomic E-state index is 13.0. The second-order valence-corrected chi connectivity index (χ2v) is 5.87. The summed E-state index contributed by atoms with van der Waals surface area (Å²) in [5.74, 6) is -3.27.